The molecule has 3 rings (SSSR count). The van der Waals surface area contributed by atoms with E-state index in [-0.39, 0.29) is 0 Å². The number of ether oxygens (including phenoxy) is 2. The lowest BCUT2D eigenvalue weighted by Gasteiger charge is -2.14. The van der Waals surface area contributed by atoms with Gasteiger partial charge in [-0.05, 0) is 38.4 Å². The number of hydrogen-bond donors (Lipinski definition) is 2. The Balaban J connectivity index is 1.91. The largest absolute Gasteiger partial charge is 0.496 e. The number of nitrogens with one attached hydrogen (secondary N) is 2. The number of methoxy groups -OCH3 is 2. The van der Waals surface area contributed by atoms with Crippen LogP contribution in [0.1, 0.15) is 10.4 Å². The molecular formula is C22H26N6O3. The Hall–Kier alpha value is -3.72. The quantitative estimate of drug-likeness (QED) is 0.504. The maximum atomic E-state index is 11.9. The third-order valence-corrected chi connectivity index (χ3v) is 4.40. The van der Waals surface area contributed by atoms with Gasteiger partial charge in [0.25, 0.3) is 0 Å². The SMILES string of the molecule is COC(=O)c1ccc(Nc2cc(-c3cccnc3)nc(NCCN(C)C)n2)cc1OC. The van der Waals surface area contributed by atoms with E-state index >= 15 is 0 Å². The zero-order valence-electron chi connectivity index (χ0n) is 18.0. The molecule has 2 aromatic heterocycles. The van der Waals surface area contributed by atoms with Crippen LogP contribution in [0.3, 0.4) is 0 Å². The molecule has 9 nitrogen and oxygen atoms in total. The number of pyridine rings is 1. The Morgan fingerprint density at radius 2 is 1.97 bits per heavy atom. The molecule has 0 spiro atoms. The Morgan fingerprint density at radius 3 is 2.65 bits per heavy atom. The summed E-state index contributed by atoms with van der Waals surface area (Å²) in [7, 11) is 6.85. The molecule has 0 bridgehead atoms. The second kappa shape index (κ2) is 10.4. The molecular weight excluding hydrogens is 396 g/mol. The number of likely N-dealkylation sites (N-methyl/N-ethyl adjacent to an activating group) is 1. The normalized spacial score (nSPS) is 10.6. The van der Waals surface area contributed by atoms with Crippen molar-refractivity contribution in [2.45, 2.75) is 0 Å². The van der Waals surface area contributed by atoms with E-state index in [0.717, 1.165) is 17.8 Å². The molecule has 162 valence electrons. The van der Waals surface area contributed by atoms with Crippen molar-refractivity contribution in [3.05, 3.63) is 54.4 Å². The average molecular weight is 422 g/mol. The first-order valence-corrected chi connectivity index (χ1v) is 9.71. The second-order valence-corrected chi connectivity index (χ2v) is 6.97. The zero-order valence-corrected chi connectivity index (χ0v) is 18.0. The number of aromatic nitrogens is 3. The van der Waals surface area contributed by atoms with Crippen molar-refractivity contribution >= 4 is 23.4 Å². The van der Waals surface area contributed by atoms with E-state index in [2.05, 4.69) is 30.5 Å². The molecule has 0 aliphatic carbocycles. The van der Waals surface area contributed by atoms with Crippen molar-refractivity contribution in [1.82, 2.24) is 19.9 Å². The molecule has 0 atom stereocenters. The molecule has 0 saturated carbocycles. The Bertz CT molecular complexity index is 1030. The maximum absolute atomic E-state index is 11.9. The van der Waals surface area contributed by atoms with E-state index in [9.17, 15) is 4.79 Å². The minimum absolute atomic E-state index is 0.348. The van der Waals surface area contributed by atoms with E-state index in [4.69, 9.17) is 9.47 Å². The molecule has 0 saturated heterocycles. The highest BCUT2D eigenvalue weighted by molar-refractivity contribution is 5.93. The first-order chi connectivity index (χ1) is 15.0. The van der Waals surface area contributed by atoms with Gasteiger partial charge in [-0.25, -0.2) is 9.78 Å². The maximum Gasteiger partial charge on any atom is 0.341 e. The molecule has 2 heterocycles. The predicted molar refractivity (Wildman–Crippen MR) is 120 cm³/mol. The van der Waals surface area contributed by atoms with E-state index in [1.54, 1.807) is 30.6 Å². The lowest BCUT2D eigenvalue weighted by molar-refractivity contribution is 0.0597. The predicted octanol–water partition coefficient (Wildman–Crippen LogP) is 3.05. The second-order valence-electron chi connectivity index (χ2n) is 6.97. The summed E-state index contributed by atoms with van der Waals surface area (Å²) < 4.78 is 10.1. The van der Waals surface area contributed by atoms with Crippen LogP contribution >= 0.6 is 0 Å². The third kappa shape index (κ3) is 5.89. The molecule has 0 radical (unpaired) electrons. The summed E-state index contributed by atoms with van der Waals surface area (Å²) in [4.78, 5) is 27.3. The summed E-state index contributed by atoms with van der Waals surface area (Å²) in [6.45, 7) is 1.54. The number of anilines is 3. The number of rotatable bonds is 9. The van der Waals surface area contributed by atoms with Crippen LogP contribution in [-0.2, 0) is 4.74 Å². The van der Waals surface area contributed by atoms with Crippen LogP contribution in [0.15, 0.2) is 48.8 Å². The van der Waals surface area contributed by atoms with Gasteiger partial charge in [-0.3, -0.25) is 4.98 Å². The lowest BCUT2D eigenvalue weighted by Crippen LogP contribution is -2.21. The van der Waals surface area contributed by atoms with Crippen molar-refractivity contribution < 1.29 is 14.3 Å². The summed E-state index contributed by atoms with van der Waals surface area (Å²) in [5.74, 6) is 1.04. The van der Waals surface area contributed by atoms with Crippen molar-refractivity contribution in [1.29, 1.82) is 0 Å². The minimum Gasteiger partial charge on any atom is -0.496 e. The smallest absolute Gasteiger partial charge is 0.341 e. The first kappa shape index (κ1) is 22.0. The topological polar surface area (TPSA) is 102 Å². The summed E-state index contributed by atoms with van der Waals surface area (Å²) in [6.07, 6.45) is 3.47. The van der Waals surface area contributed by atoms with Gasteiger partial charge in [0, 0.05) is 48.9 Å². The summed E-state index contributed by atoms with van der Waals surface area (Å²) in [5.41, 5.74) is 2.67. The molecule has 31 heavy (non-hydrogen) atoms. The van der Waals surface area contributed by atoms with Gasteiger partial charge in [0.05, 0.1) is 19.9 Å². The van der Waals surface area contributed by atoms with E-state index in [1.165, 1.54) is 14.2 Å². The van der Waals surface area contributed by atoms with Crippen molar-refractivity contribution in [2.24, 2.45) is 0 Å². The summed E-state index contributed by atoms with van der Waals surface area (Å²) in [6, 6.07) is 10.8. The number of benzene rings is 1. The summed E-state index contributed by atoms with van der Waals surface area (Å²) in [5, 5.41) is 6.51. The fourth-order valence-electron chi connectivity index (χ4n) is 2.84. The fraction of sp³-hybridized carbons (Fsp3) is 0.273. The van der Waals surface area contributed by atoms with Crippen LogP contribution in [-0.4, -0.2) is 67.2 Å². The van der Waals surface area contributed by atoms with E-state index < -0.39 is 5.97 Å². The molecule has 1 aromatic carbocycles. The summed E-state index contributed by atoms with van der Waals surface area (Å²) >= 11 is 0. The van der Waals surface area contributed by atoms with Gasteiger partial charge in [-0.2, -0.15) is 4.98 Å². The highest BCUT2D eigenvalue weighted by Gasteiger charge is 2.14. The fourth-order valence-corrected chi connectivity index (χ4v) is 2.84. The van der Waals surface area contributed by atoms with Gasteiger partial charge in [0.15, 0.2) is 0 Å². The van der Waals surface area contributed by atoms with E-state index in [1.807, 2.05) is 32.3 Å². The van der Waals surface area contributed by atoms with Crippen LogP contribution in [0.25, 0.3) is 11.3 Å². The minimum atomic E-state index is -0.461. The Labute approximate surface area is 181 Å². The Morgan fingerprint density at radius 1 is 1.13 bits per heavy atom. The first-order valence-electron chi connectivity index (χ1n) is 9.71. The van der Waals surface area contributed by atoms with Crippen molar-refractivity contribution in [3.63, 3.8) is 0 Å². The standard InChI is InChI=1S/C22H26N6O3/c1-28(2)11-10-24-22-26-18(15-6-5-9-23-14-15)13-20(27-22)25-16-7-8-17(21(29)31-4)19(12-16)30-3/h5-9,12-14H,10-11H2,1-4H3,(H2,24,25,26,27). The molecule has 0 aliphatic heterocycles. The van der Waals surface area contributed by atoms with Gasteiger partial charge in [0.1, 0.15) is 17.1 Å². The third-order valence-electron chi connectivity index (χ3n) is 4.40. The number of hydrogen-bond acceptors (Lipinski definition) is 9. The van der Waals surface area contributed by atoms with Crippen LogP contribution in [0.5, 0.6) is 5.75 Å². The average Bonchev–Trinajstić information content (AvgIpc) is 2.78. The zero-order chi connectivity index (χ0) is 22.2. The number of nitrogens with zero attached hydrogens (tertiary/aromatic N) is 4. The molecule has 0 aliphatic rings. The van der Waals surface area contributed by atoms with Crippen LogP contribution in [0, 0.1) is 0 Å². The monoisotopic (exact) mass is 422 g/mol. The number of carbonyl (C=O) groups is 1. The van der Waals surface area contributed by atoms with Crippen LogP contribution in [0.4, 0.5) is 17.5 Å². The molecule has 3 aromatic rings. The number of esters is 1. The highest BCUT2D eigenvalue weighted by atomic mass is 16.5. The van der Waals surface area contributed by atoms with Crippen LogP contribution in [0.2, 0.25) is 0 Å². The van der Waals surface area contributed by atoms with Gasteiger partial charge in [-0.15, -0.1) is 0 Å². The van der Waals surface area contributed by atoms with Gasteiger partial charge < -0.3 is 25.0 Å². The van der Waals surface area contributed by atoms with E-state index in [0.29, 0.717) is 35.3 Å². The van der Waals surface area contributed by atoms with Crippen LogP contribution < -0.4 is 15.4 Å². The van der Waals surface area contributed by atoms with Gasteiger partial charge >= 0.3 is 5.97 Å². The Kier molecular flexibility index (Phi) is 7.34. The molecule has 0 unspecified atom stereocenters. The highest BCUT2D eigenvalue weighted by Crippen LogP contribution is 2.27. The van der Waals surface area contributed by atoms with Crippen molar-refractivity contribution in [2.75, 3.05) is 52.0 Å². The van der Waals surface area contributed by atoms with Crippen molar-refractivity contribution in [3.8, 4) is 17.0 Å². The molecule has 9 heteroatoms. The van der Waals surface area contributed by atoms with Gasteiger partial charge in [-0.1, -0.05) is 0 Å². The lowest BCUT2D eigenvalue weighted by atomic mass is 10.1. The molecule has 2 N–H and O–H groups in total. The molecule has 0 amide bonds. The van der Waals surface area contributed by atoms with Gasteiger partial charge in [0.2, 0.25) is 5.95 Å². The molecule has 0 fully saturated rings. The number of carbonyl (C=O) groups excluding carboxylic acids is 1.